The average Bonchev–Trinajstić information content (AvgIpc) is 2.44. The molecule has 1 aliphatic carbocycles. The summed E-state index contributed by atoms with van der Waals surface area (Å²) in [5.41, 5.74) is 0.798. The molecule has 0 aromatic heterocycles. The molecule has 1 saturated heterocycles. The summed E-state index contributed by atoms with van der Waals surface area (Å²) < 4.78 is 0. The fourth-order valence-electron chi connectivity index (χ4n) is 2.58. The van der Waals surface area contributed by atoms with Crippen LogP contribution in [0.15, 0.2) is 0 Å². The third kappa shape index (κ3) is 1.07. The van der Waals surface area contributed by atoms with Gasteiger partial charge in [-0.25, -0.2) is 0 Å². The smallest absolute Gasteiger partial charge is 0.00351 e. The standard InChI is InChI=1S/C9H17N/c1-8-5-9(3-4-9)7-10(2)6-8/h8H,3-7H2,1-2H3. The highest BCUT2D eigenvalue weighted by molar-refractivity contribution is 4.98. The van der Waals surface area contributed by atoms with E-state index >= 15 is 0 Å². The molecule has 1 nitrogen and oxygen atoms in total. The van der Waals surface area contributed by atoms with E-state index in [0.717, 1.165) is 11.3 Å². The lowest BCUT2D eigenvalue weighted by Crippen LogP contribution is -2.37. The molecule has 2 rings (SSSR count). The lowest BCUT2D eigenvalue weighted by molar-refractivity contribution is 0.146. The largest absolute Gasteiger partial charge is 0.306 e. The zero-order chi connectivity index (χ0) is 7.19. The first kappa shape index (κ1) is 6.66. The van der Waals surface area contributed by atoms with Gasteiger partial charge >= 0.3 is 0 Å². The summed E-state index contributed by atoms with van der Waals surface area (Å²) >= 11 is 0. The second-order valence-corrected chi connectivity index (χ2v) is 4.51. The highest BCUT2D eigenvalue weighted by atomic mass is 15.1. The van der Waals surface area contributed by atoms with Crippen molar-refractivity contribution in [2.75, 3.05) is 20.1 Å². The molecule has 0 amide bonds. The summed E-state index contributed by atoms with van der Waals surface area (Å²) in [5.74, 6) is 0.946. The maximum atomic E-state index is 2.50. The molecule has 1 atom stereocenters. The molecule has 0 aromatic carbocycles. The quantitative estimate of drug-likeness (QED) is 0.494. The zero-order valence-corrected chi connectivity index (χ0v) is 7.06. The summed E-state index contributed by atoms with van der Waals surface area (Å²) in [4.78, 5) is 2.50. The molecule has 2 fully saturated rings. The minimum absolute atomic E-state index is 0.798. The van der Waals surface area contributed by atoms with Gasteiger partial charge < -0.3 is 4.90 Å². The number of hydrogen-bond donors (Lipinski definition) is 0. The molecule has 1 heteroatoms. The molecule has 2 aliphatic rings. The highest BCUT2D eigenvalue weighted by Gasteiger charge is 2.46. The monoisotopic (exact) mass is 139 g/mol. The Morgan fingerprint density at radius 2 is 2.10 bits per heavy atom. The molecule has 1 heterocycles. The number of rotatable bonds is 0. The van der Waals surface area contributed by atoms with E-state index in [9.17, 15) is 0 Å². The molecule has 0 bridgehead atoms. The Labute approximate surface area is 63.4 Å². The van der Waals surface area contributed by atoms with Crippen molar-refractivity contribution in [2.45, 2.75) is 26.2 Å². The lowest BCUT2D eigenvalue weighted by Gasteiger charge is -2.34. The Kier molecular flexibility index (Phi) is 1.31. The minimum Gasteiger partial charge on any atom is -0.306 e. The maximum absolute atomic E-state index is 2.50. The zero-order valence-electron chi connectivity index (χ0n) is 7.06. The Morgan fingerprint density at radius 3 is 2.60 bits per heavy atom. The Balaban J connectivity index is 2.00. The van der Waals surface area contributed by atoms with Gasteiger partial charge in [-0.1, -0.05) is 6.92 Å². The predicted octanol–water partition coefficient (Wildman–Crippen LogP) is 1.74. The van der Waals surface area contributed by atoms with Gasteiger partial charge in [0.1, 0.15) is 0 Å². The van der Waals surface area contributed by atoms with Crippen molar-refractivity contribution in [1.82, 2.24) is 4.90 Å². The molecule has 0 aromatic rings. The number of likely N-dealkylation sites (tertiary alicyclic amines) is 1. The van der Waals surface area contributed by atoms with Crippen molar-refractivity contribution >= 4 is 0 Å². The first-order valence-electron chi connectivity index (χ1n) is 4.39. The van der Waals surface area contributed by atoms with E-state index in [1.54, 1.807) is 0 Å². The second-order valence-electron chi connectivity index (χ2n) is 4.51. The van der Waals surface area contributed by atoms with Crippen molar-refractivity contribution in [1.29, 1.82) is 0 Å². The summed E-state index contributed by atoms with van der Waals surface area (Å²) in [6.07, 6.45) is 4.50. The van der Waals surface area contributed by atoms with Crippen molar-refractivity contribution in [2.24, 2.45) is 11.3 Å². The molecule has 1 unspecified atom stereocenters. The molecule has 1 spiro atoms. The van der Waals surface area contributed by atoms with E-state index in [4.69, 9.17) is 0 Å². The minimum atomic E-state index is 0.798. The predicted molar refractivity (Wildman–Crippen MR) is 42.9 cm³/mol. The van der Waals surface area contributed by atoms with E-state index < -0.39 is 0 Å². The van der Waals surface area contributed by atoms with Gasteiger partial charge in [-0.15, -0.1) is 0 Å². The van der Waals surface area contributed by atoms with Crippen LogP contribution in [-0.4, -0.2) is 25.0 Å². The molecular weight excluding hydrogens is 122 g/mol. The topological polar surface area (TPSA) is 3.24 Å². The fraction of sp³-hybridized carbons (Fsp3) is 1.00. The molecule has 1 aliphatic heterocycles. The summed E-state index contributed by atoms with van der Waals surface area (Å²) in [6, 6.07) is 0. The van der Waals surface area contributed by atoms with E-state index in [1.165, 1.54) is 32.4 Å². The molecule has 0 radical (unpaired) electrons. The van der Waals surface area contributed by atoms with Gasteiger partial charge in [0.2, 0.25) is 0 Å². The van der Waals surface area contributed by atoms with Crippen molar-refractivity contribution in [3.63, 3.8) is 0 Å². The van der Waals surface area contributed by atoms with Gasteiger partial charge in [-0.05, 0) is 37.6 Å². The third-order valence-electron chi connectivity index (χ3n) is 2.97. The molecule has 10 heavy (non-hydrogen) atoms. The van der Waals surface area contributed by atoms with Crippen LogP contribution in [0.25, 0.3) is 0 Å². The number of nitrogens with zero attached hydrogens (tertiary/aromatic N) is 1. The van der Waals surface area contributed by atoms with Gasteiger partial charge in [0.05, 0.1) is 0 Å². The summed E-state index contributed by atoms with van der Waals surface area (Å²) in [7, 11) is 2.26. The SMILES string of the molecule is CC1CN(C)CC2(CC2)C1. The number of piperidine rings is 1. The van der Waals surface area contributed by atoms with Gasteiger partial charge in [-0.3, -0.25) is 0 Å². The van der Waals surface area contributed by atoms with E-state index in [0.29, 0.717) is 0 Å². The molecule has 1 saturated carbocycles. The van der Waals surface area contributed by atoms with Gasteiger partial charge in [0.25, 0.3) is 0 Å². The van der Waals surface area contributed by atoms with Crippen LogP contribution in [0, 0.1) is 11.3 Å². The highest BCUT2D eigenvalue weighted by Crippen LogP contribution is 2.52. The normalized spacial score (nSPS) is 38.4. The Morgan fingerprint density at radius 1 is 1.40 bits per heavy atom. The van der Waals surface area contributed by atoms with Gasteiger partial charge in [0.15, 0.2) is 0 Å². The average molecular weight is 139 g/mol. The summed E-state index contributed by atoms with van der Waals surface area (Å²) in [5, 5.41) is 0. The van der Waals surface area contributed by atoms with Crippen LogP contribution in [0.2, 0.25) is 0 Å². The van der Waals surface area contributed by atoms with Gasteiger partial charge in [-0.2, -0.15) is 0 Å². The lowest BCUT2D eigenvalue weighted by atomic mass is 9.88. The maximum Gasteiger partial charge on any atom is 0.00351 e. The van der Waals surface area contributed by atoms with Crippen LogP contribution in [0.1, 0.15) is 26.2 Å². The van der Waals surface area contributed by atoms with Gasteiger partial charge in [0, 0.05) is 13.1 Å². The fourth-order valence-corrected chi connectivity index (χ4v) is 2.58. The molecule has 58 valence electrons. The van der Waals surface area contributed by atoms with Crippen LogP contribution in [-0.2, 0) is 0 Å². The number of hydrogen-bond acceptors (Lipinski definition) is 1. The first-order chi connectivity index (χ1) is 4.70. The van der Waals surface area contributed by atoms with Crippen LogP contribution in [0.4, 0.5) is 0 Å². The Bertz CT molecular complexity index is 126. The Hall–Kier alpha value is -0.0400. The van der Waals surface area contributed by atoms with E-state index in [-0.39, 0.29) is 0 Å². The third-order valence-corrected chi connectivity index (χ3v) is 2.97. The van der Waals surface area contributed by atoms with Crippen LogP contribution in [0.5, 0.6) is 0 Å². The second kappa shape index (κ2) is 1.97. The molecule has 0 N–H and O–H groups in total. The van der Waals surface area contributed by atoms with Crippen LogP contribution < -0.4 is 0 Å². The molecular formula is C9H17N. The van der Waals surface area contributed by atoms with Crippen molar-refractivity contribution in [3.8, 4) is 0 Å². The van der Waals surface area contributed by atoms with Crippen molar-refractivity contribution in [3.05, 3.63) is 0 Å². The van der Waals surface area contributed by atoms with Crippen molar-refractivity contribution < 1.29 is 0 Å². The van der Waals surface area contributed by atoms with E-state index in [1.807, 2.05) is 0 Å². The van der Waals surface area contributed by atoms with Crippen LogP contribution >= 0.6 is 0 Å². The first-order valence-corrected chi connectivity index (χ1v) is 4.39. The van der Waals surface area contributed by atoms with Crippen LogP contribution in [0.3, 0.4) is 0 Å². The van der Waals surface area contributed by atoms with E-state index in [2.05, 4.69) is 18.9 Å². The summed E-state index contributed by atoms with van der Waals surface area (Å²) in [6.45, 7) is 5.08.